The van der Waals surface area contributed by atoms with Crippen LogP contribution < -0.4 is 5.32 Å². The van der Waals surface area contributed by atoms with E-state index in [1.54, 1.807) is 0 Å². The van der Waals surface area contributed by atoms with Crippen LogP contribution in [-0.4, -0.2) is 29.8 Å². The van der Waals surface area contributed by atoms with E-state index < -0.39 is 0 Å². The Morgan fingerprint density at radius 1 is 0.853 bits per heavy atom. The van der Waals surface area contributed by atoms with Crippen LogP contribution in [0.5, 0.6) is 0 Å². The van der Waals surface area contributed by atoms with Crippen LogP contribution in [-0.2, 0) is 20.6 Å². The average molecular weight is 708 g/mol. The van der Waals surface area contributed by atoms with Crippen molar-refractivity contribution in [1.82, 2.24) is 10.2 Å². The summed E-state index contributed by atoms with van der Waals surface area (Å²) < 4.78 is 3.50. The van der Waals surface area contributed by atoms with Crippen LogP contribution in [0.3, 0.4) is 0 Å². The van der Waals surface area contributed by atoms with E-state index in [1.165, 1.54) is 42.3 Å². The van der Waals surface area contributed by atoms with Gasteiger partial charge in [-0.1, -0.05) is 86.1 Å². The second-order valence-electron chi connectivity index (χ2n) is 8.59. The third-order valence-corrected chi connectivity index (χ3v) is 8.98. The molecule has 2 aliphatic heterocycles. The number of nitrogens with zero attached hydrogens (tertiary/aromatic N) is 1. The van der Waals surface area contributed by atoms with Crippen LogP contribution in [0.2, 0.25) is 0 Å². The number of aryl methyl sites for hydroxylation is 4. The number of amides is 2. The standard InChI is InChI=1S/C13H16BrNO.C9H10BrI.C4H7NO.CH4/c1-9-6-11(7-10(2)13(9)14)8-15-5-3-4-12(15)16;1-6-3-8(5-11)4-7(2)9(6)10;6-4-2-1-3-5-4;/h6-7H,3-5,8H2,1-2H3;3-4H,5H2,1-2H3;1-3H2,(H,5,6);1H4. The minimum absolute atomic E-state index is 0. The summed E-state index contributed by atoms with van der Waals surface area (Å²) in [4.78, 5) is 23.6. The highest BCUT2D eigenvalue weighted by Crippen LogP contribution is 2.25. The third-order valence-electron chi connectivity index (χ3n) is 5.59. The largest absolute Gasteiger partial charge is 0.356 e. The van der Waals surface area contributed by atoms with Crippen LogP contribution in [0.4, 0.5) is 0 Å². The molecular weight excluding hydrogens is 671 g/mol. The molecule has 0 unspecified atom stereocenters. The van der Waals surface area contributed by atoms with Gasteiger partial charge < -0.3 is 10.2 Å². The monoisotopic (exact) mass is 706 g/mol. The number of benzene rings is 2. The van der Waals surface area contributed by atoms with Crippen molar-refractivity contribution in [2.24, 2.45) is 0 Å². The van der Waals surface area contributed by atoms with Crippen LogP contribution in [0, 0.1) is 27.7 Å². The van der Waals surface area contributed by atoms with Gasteiger partial charge in [-0.05, 0) is 73.9 Å². The zero-order valence-electron chi connectivity index (χ0n) is 19.9. The second kappa shape index (κ2) is 15.2. The molecule has 4 nitrogen and oxygen atoms in total. The molecule has 2 fully saturated rings. The highest BCUT2D eigenvalue weighted by atomic mass is 127. The first-order valence-electron chi connectivity index (χ1n) is 11.2. The molecule has 0 radical (unpaired) electrons. The van der Waals surface area contributed by atoms with Crippen molar-refractivity contribution < 1.29 is 9.59 Å². The molecule has 0 spiro atoms. The van der Waals surface area contributed by atoms with Crippen LogP contribution in [0.25, 0.3) is 0 Å². The van der Waals surface area contributed by atoms with E-state index in [2.05, 4.69) is 112 Å². The summed E-state index contributed by atoms with van der Waals surface area (Å²) in [6.07, 6.45) is 3.49. The predicted octanol–water partition coefficient (Wildman–Crippen LogP) is 7.72. The van der Waals surface area contributed by atoms with E-state index in [9.17, 15) is 9.59 Å². The van der Waals surface area contributed by atoms with Crippen LogP contribution >= 0.6 is 54.5 Å². The van der Waals surface area contributed by atoms with E-state index in [-0.39, 0.29) is 13.3 Å². The molecule has 7 heteroatoms. The van der Waals surface area contributed by atoms with Gasteiger partial charge in [-0.15, -0.1) is 0 Å². The molecule has 0 saturated carbocycles. The molecule has 0 aromatic heterocycles. The fraction of sp³-hybridized carbons (Fsp3) is 0.481. The Balaban J connectivity index is 0.000000278. The maximum atomic E-state index is 11.5. The molecule has 0 atom stereocenters. The van der Waals surface area contributed by atoms with Crippen molar-refractivity contribution in [1.29, 1.82) is 0 Å². The van der Waals surface area contributed by atoms with Gasteiger partial charge in [-0.25, -0.2) is 0 Å². The summed E-state index contributed by atoms with van der Waals surface area (Å²) in [7, 11) is 0. The molecule has 2 aliphatic rings. The lowest BCUT2D eigenvalue weighted by Crippen LogP contribution is -2.23. The van der Waals surface area contributed by atoms with E-state index in [4.69, 9.17) is 0 Å². The highest BCUT2D eigenvalue weighted by Gasteiger charge is 2.20. The maximum Gasteiger partial charge on any atom is 0.222 e. The van der Waals surface area contributed by atoms with Gasteiger partial charge in [0.05, 0.1) is 0 Å². The van der Waals surface area contributed by atoms with Gasteiger partial charge in [0, 0.05) is 45.8 Å². The zero-order chi connectivity index (χ0) is 24.5. The molecular formula is C27H37Br2IN2O2. The molecule has 0 aliphatic carbocycles. The molecule has 0 bridgehead atoms. The molecule has 2 heterocycles. The van der Waals surface area contributed by atoms with Gasteiger partial charge in [-0.2, -0.15) is 0 Å². The number of nitrogens with one attached hydrogen (secondary N) is 1. The lowest BCUT2D eigenvalue weighted by Gasteiger charge is -2.17. The normalized spacial score (nSPS) is 14.5. The first-order chi connectivity index (χ1) is 15.6. The third kappa shape index (κ3) is 9.61. The van der Waals surface area contributed by atoms with Crippen LogP contribution in [0.15, 0.2) is 33.2 Å². The number of alkyl halides is 1. The maximum absolute atomic E-state index is 11.5. The van der Waals surface area contributed by atoms with Gasteiger partial charge in [-0.3, -0.25) is 9.59 Å². The van der Waals surface area contributed by atoms with Gasteiger partial charge in [0.15, 0.2) is 0 Å². The summed E-state index contributed by atoms with van der Waals surface area (Å²) in [5, 5.41) is 2.68. The minimum atomic E-state index is 0. The molecule has 2 amide bonds. The summed E-state index contributed by atoms with van der Waals surface area (Å²) >= 11 is 9.48. The molecule has 2 aromatic carbocycles. The van der Waals surface area contributed by atoms with Gasteiger partial charge in [0.2, 0.25) is 11.8 Å². The zero-order valence-corrected chi connectivity index (χ0v) is 25.2. The summed E-state index contributed by atoms with van der Waals surface area (Å²) in [5.74, 6) is 0.494. The molecule has 2 aromatic rings. The molecule has 34 heavy (non-hydrogen) atoms. The first kappa shape index (κ1) is 31.1. The van der Waals surface area contributed by atoms with Crippen molar-refractivity contribution in [3.63, 3.8) is 0 Å². The highest BCUT2D eigenvalue weighted by molar-refractivity contribution is 14.1. The Bertz CT molecular complexity index is 941. The Morgan fingerprint density at radius 3 is 1.68 bits per heavy atom. The average Bonchev–Trinajstić information content (AvgIpc) is 3.41. The van der Waals surface area contributed by atoms with E-state index in [1.807, 2.05) is 4.90 Å². The number of likely N-dealkylation sites (tertiary alicyclic amines) is 1. The summed E-state index contributed by atoms with van der Waals surface area (Å²) in [6.45, 7) is 11.0. The lowest BCUT2D eigenvalue weighted by molar-refractivity contribution is -0.128. The minimum Gasteiger partial charge on any atom is -0.356 e. The Morgan fingerprint density at radius 2 is 1.35 bits per heavy atom. The smallest absolute Gasteiger partial charge is 0.222 e. The Hall–Kier alpha value is -0.930. The summed E-state index contributed by atoms with van der Waals surface area (Å²) in [6, 6.07) is 8.76. The van der Waals surface area contributed by atoms with Crippen LogP contribution in [0.1, 0.15) is 66.5 Å². The fourth-order valence-corrected chi connectivity index (χ4v) is 4.79. The van der Waals surface area contributed by atoms with E-state index >= 15 is 0 Å². The number of carbonyl (C=O) groups excluding carboxylic acids is 2. The SMILES string of the molecule is C.Cc1cc(CI)cc(C)c1Br.Cc1cc(CN2CCCC2=O)cc(C)c1Br.O=C1CCCN1. The number of hydrogen-bond donors (Lipinski definition) is 1. The van der Waals surface area contributed by atoms with Crippen molar-refractivity contribution in [3.8, 4) is 0 Å². The number of hydrogen-bond acceptors (Lipinski definition) is 2. The molecule has 188 valence electrons. The molecule has 2 saturated heterocycles. The summed E-state index contributed by atoms with van der Waals surface area (Å²) in [5.41, 5.74) is 7.77. The van der Waals surface area contributed by atoms with Crippen molar-refractivity contribution >= 4 is 66.3 Å². The fourth-order valence-electron chi connectivity index (χ4n) is 3.90. The van der Waals surface area contributed by atoms with Crippen molar-refractivity contribution in [3.05, 3.63) is 66.6 Å². The predicted molar refractivity (Wildman–Crippen MR) is 159 cm³/mol. The topological polar surface area (TPSA) is 49.4 Å². The number of carbonyl (C=O) groups is 2. The van der Waals surface area contributed by atoms with Gasteiger partial charge in [0.25, 0.3) is 0 Å². The number of rotatable bonds is 3. The number of halogens is 3. The second-order valence-corrected chi connectivity index (χ2v) is 10.9. The quantitative estimate of drug-likeness (QED) is 0.263. The Labute approximate surface area is 236 Å². The lowest BCUT2D eigenvalue weighted by atomic mass is 10.1. The Kier molecular flexibility index (Phi) is 13.9. The molecule has 4 rings (SSSR count). The van der Waals surface area contributed by atoms with Gasteiger partial charge >= 0.3 is 0 Å². The van der Waals surface area contributed by atoms with E-state index in [0.717, 1.165) is 43.3 Å². The first-order valence-corrected chi connectivity index (χ1v) is 14.3. The van der Waals surface area contributed by atoms with Gasteiger partial charge in [0.1, 0.15) is 0 Å². The van der Waals surface area contributed by atoms with E-state index in [0.29, 0.717) is 12.3 Å². The van der Waals surface area contributed by atoms with Crippen molar-refractivity contribution in [2.75, 3.05) is 13.1 Å². The van der Waals surface area contributed by atoms with Crippen molar-refractivity contribution in [2.45, 2.75) is 71.8 Å². The molecule has 1 N–H and O–H groups in total.